The predicted molar refractivity (Wildman–Crippen MR) is 127 cm³/mol. The molecule has 1 amide bonds. The molecular formula is C25H28N4O6. The molecule has 1 N–H and O–H groups in total. The van der Waals surface area contributed by atoms with Crippen LogP contribution in [-0.4, -0.2) is 52.8 Å². The Balaban J connectivity index is 1.41. The third-order valence-corrected chi connectivity index (χ3v) is 5.79. The van der Waals surface area contributed by atoms with Gasteiger partial charge in [-0.1, -0.05) is 0 Å². The molecule has 0 radical (unpaired) electrons. The number of rotatable bonds is 6. The van der Waals surface area contributed by atoms with Crippen LogP contribution in [0.5, 0.6) is 28.7 Å². The molecule has 1 atom stereocenters. The Labute approximate surface area is 203 Å². The number of anilines is 1. The number of hydrogen-bond acceptors (Lipinski definition) is 8. The van der Waals surface area contributed by atoms with E-state index in [0.717, 1.165) is 6.42 Å². The van der Waals surface area contributed by atoms with Crippen molar-refractivity contribution in [3.63, 3.8) is 0 Å². The molecule has 3 aromatic rings. The fourth-order valence-electron chi connectivity index (χ4n) is 3.73. The minimum absolute atomic E-state index is 0.0783. The molecule has 35 heavy (non-hydrogen) atoms. The number of fused-ring (bicyclic) bond motifs is 1. The van der Waals surface area contributed by atoms with Gasteiger partial charge >= 0.3 is 0 Å². The highest BCUT2D eigenvalue weighted by Crippen LogP contribution is 2.40. The summed E-state index contributed by atoms with van der Waals surface area (Å²) in [5.74, 6) is 2.78. The molecule has 184 valence electrons. The average Bonchev–Trinajstić information content (AvgIpc) is 3.46. The van der Waals surface area contributed by atoms with Gasteiger partial charge in [0.15, 0.2) is 23.0 Å². The first-order valence-electron chi connectivity index (χ1n) is 11.4. The second kappa shape index (κ2) is 9.12. The van der Waals surface area contributed by atoms with Crippen molar-refractivity contribution in [1.82, 2.24) is 14.8 Å². The first-order valence-corrected chi connectivity index (χ1v) is 11.4. The molecule has 3 heterocycles. The minimum Gasteiger partial charge on any atom is -0.488 e. The Morgan fingerprint density at radius 3 is 2.66 bits per heavy atom. The van der Waals surface area contributed by atoms with Crippen molar-refractivity contribution in [1.29, 1.82) is 0 Å². The molecule has 0 unspecified atom stereocenters. The van der Waals surface area contributed by atoms with Crippen LogP contribution in [0.15, 0.2) is 48.7 Å². The molecule has 2 aromatic carbocycles. The number of ether oxygens (including phenoxy) is 4. The Kier molecular flexibility index (Phi) is 6.00. The van der Waals surface area contributed by atoms with Gasteiger partial charge in [-0.3, -0.25) is 9.48 Å². The molecule has 2 aliphatic heterocycles. The number of benzene rings is 2. The number of hydrogen-bond donors (Lipinski definition) is 1. The van der Waals surface area contributed by atoms with Gasteiger partial charge in [-0.25, -0.2) is 0 Å². The first kappa shape index (κ1) is 23.0. The van der Waals surface area contributed by atoms with Gasteiger partial charge < -0.3 is 29.1 Å². The first-order chi connectivity index (χ1) is 16.7. The Bertz CT molecular complexity index is 1230. The molecule has 10 nitrogen and oxygen atoms in total. The van der Waals surface area contributed by atoms with Crippen molar-refractivity contribution in [2.75, 3.05) is 25.6 Å². The van der Waals surface area contributed by atoms with E-state index >= 15 is 0 Å². The van der Waals surface area contributed by atoms with Crippen LogP contribution in [0, 0.1) is 0 Å². The Morgan fingerprint density at radius 1 is 1.09 bits per heavy atom. The van der Waals surface area contributed by atoms with E-state index in [1.54, 1.807) is 65.5 Å². The lowest BCUT2D eigenvalue weighted by atomic mass is 10.1. The van der Waals surface area contributed by atoms with E-state index in [9.17, 15) is 4.79 Å². The summed E-state index contributed by atoms with van der Waals surface area (Å²) in [6.45, 7) is 4.97. The number of carbonyl (C=O) groups is 1. The Morgan fingerprint density at radius 2 is 1.91 bits per heavy atom. The summed E-state index contributed by atoms with van der Waals surface area (Å²) in [5, 5.41) is 8.65. The van der Waals surface area contributed by atoms with Gasteiger partial charge in [0.25, 0.3) is 5.91 Å². The SMILES string of the molecule is CN1Oc2ccc(Oc3cc(O[C@H]4CCOC4)cc(C(=O)Nc4ccn(C)n4)c3)cc2OC1(C)C. The summed E-state index contributed by atoms with van der Waals surface area (Å²) < 4.78 is 25.3. The predicted octanol–water partition coefficient (Wildman–Crippen LogP) is 3.99. The monoisotopic (exact) mass is 480 g/mol. The number of aryl methyl sites for hydroxylation is 1. The lowest BCUT2D eigenvalue weighted by Gasteiger charge is -2.39. The summed E-state index contributed by atoms with van der Waals surface area (Å²) in [6, 6.07) is 12.1. The van der Waals surface area contributed by atoms with Crippen molar-refractivity contribution < 1.29 is 28.6 Å². The van der Waals surface area contributed by atoms with Crippen LogP contribution in [0.4, 0.5) is 5.82 Å². The normalized spacial score (nSPS) is 18.8. The highest BCUT2D eigenvalue weighted by atomic mass is 16.7. The molecular weight excluding hydrogens is 452 g/mol. The van der Waals surface area contributed by atoms with Crippen molar-refractivity contribution in [3.8, 4) is 28.7 Å². The smallest absolute Gasteiger partial charge is 0.257 e. The van der Waals surface area contributed by atoms with Crippen LogP contribution in [0.2, 0.25) is 0 Å². The van der Waals surface area contributed by atoms with Crippen molar-refractivity contribution >= 4 is 11.7 Å². The number of amides is 1. The topological polar surface area (TPSA) is 96.3 Å². The quantitative estimate of drug-likeness (QED) is 0.566. The maximum atomic E-state index is 13.0. The van der Waals surface area contributed by atoms with Gasteiger partial charge in [-0.15, -0.1) is 5.06 Å². The van der Waals surface area contributed by atoms with Gasteiger partial charge in [0, 0.05) is 50.5 Å². The number of nitrogens with one attached hydrogen (secondary N) is 1. The van der Waals surface area contributed by atoms with E-state index in [1.807, 2.05) is 20.9 Å². The van der Waals surface area contributed by atoms with E-state index in [-0.39, 0.29) is 12.0 Å². The van der Waals surface area contributed by atoms with Crippen LogP contribution < -0.4 is 24.4 Å². The van der Waals surface area contributed by atoms with Crippen LogP contribution in [0.25, 0.3) is 0 Å². The summed E-state index contributed by atoms with van der Waals surface area (Å²) >= 11 is 0. The van der Waals surface area contributed by atoms with E-state index in [1.165, 1.54) is 0 Å². The zero-order valence-electron chi connectivity index (χ0n) is 20.1. The molecule has 0 spiro atoms. The average molecular weight is 481 g/mol. The van der Waals surface area contributed by atoms with Crippen LogP contribution in [-0.2, 0) is 11.8 Å². The molecule has 0 aliphatic carbocycles. The maximum Gasteiger partial charge on any atom is 0.257 e. The van der Waals surface area contributed by atoms with Crippen molar-refractivity contribution in [2.45, 2.75) is 32.1 Å². The van der Waals surface area contributed by atoms with E-state index in [2.05, 4.69) is 10.4 Å². The number of nitrogens with zero attached hydrogens (tertiary/aromatic N) is 3. The number of aromatic nitrogens is 2. The van der Waals surface area contributed by atoms with E-state index in [4.69, 9.17) is 23.8 Å². The van der Waals surface area contributed by atoms with Gasteiger partial charge in [-0.05, 0) is 38.1 Å². The summed E-state index contributed by atoms with van der Waals surface area (Å²) in [5.41, 5.74) is -0.262. The standard InChI is InChI=1S/C25H28N4O6/c1-25(2)29(4)35-21-6-5-17(14-22(21)34-25)32-19-11-16(24(30)26-23-7-9-28(3)27-23)12-20(13-19)33-18-8-10-31-15-18/h5-7,9,11-14,18H,8,10,15H2,1-4H3,(H,26,27,30)/t18-/m0/s1. The second-order valence-corrected chi connectivity index (χ2v) is 8.97. The van der Waals surface area contributed by atoms with Gasteiger partial charge in [0.2, 0.25) is 0 Å². The Hall–Kier alpha value is -3.76. The lowest BCUT2D eigenvalue weighted by molar-refractivity contribution is -0.214. The highest BCUT2D eigenvalue weighted by molar-refractivity contribution is 6.04. The summed E-state index contributed by atoms with van der Waals surface area (Å²) in [4.78, 5) is 18.8. The van der Waals surface area contributed by atoms with Gasteiger partial charge in [-0.2, -0.15) is 5.10 Å². The zero-order valence-corrected chi connectivity index (χ0v) is 20.1. The van der Waals surface area contributed by atoms with E-state index in [0.29, 0.717) is 53.3 Å². The fraction of sp³-hybridized carbons (Fsp3) is 0.360. The third-order valence-electron chi connectivity index (χ3n) is 5.79. The van der Waals surface area contributed by atoms with Crippen molar-refractivity contribution in [3.05, 3.63) is 54.2 Å². The molecule has 2 aliphatic rings. The molecule has 5 rings (SSSR count). The zero-order chi connectivity index (χ0) is 24.6. The fourth-order valence-corrected chi connectivity index (χ4v) is 3.73. The van der Waals surface area contributed by atoms with Crippen LogP contribution >= 0.6 is 0 Å². The minimum atomic E-state index is -0.639. The van der Waals surface area contributed by atoms with Crippen molar-refractivity contribution in [2.24, 2.45) is 7.05 Å². The van der Waals surface area contributed by atoms with E-state index < -0.39 is 5.72 Å². The molecule has 1 saturated heterocycles. The van der Waals surface area contributed by atoms with Crippen LogP contribution in [0.1, 0.15) is 30.6 Å². The molecule has 1 fully saturated rings. The summed E-state index contributed by atoms with van der Waals surface area (Å²) in [6.07, 6.45) is 2.46. The third kappa shape index (κ3) is 5.18. The number of hydroxylamine groups is 2. The molecule has 1 aromatic heterocycles. The lowest BCUT2D eigenvalue weighted by Crippen LogP contribution is -2.50. The maximum absolute atomic E-state index is 13.0. The number of carbonyl (C=O) groups excluding carboxylic acids is 1. The molecule has 0 bridgehead atoms. The highest BCUT2D eigenvalue weighted by Gasteiger charge is 2.34. The van der Waals surface area contributed by atoms with Gasteiger partial charge in [0.05, 0.1) is 13.2 Å². The second-order valence-electron chi connectivity index (χ2n) is 8.97. The molecule has 10 heteroatoms. The van der Waals surface area contributed by atoms with Gasteiger partial charge in [0.1, 0.15) is 23.4 Å². The molecule has 0 saturated carbocycles. The van der Waals surface area contributed by atoms with Crippen LogP contribution in [0.3, 0.4) is 0 Å². The largest absolute Gasteiger partial charge is 0.488 e. The summed E-state index contributed by atoms with van der Waals surface area (Å²) in [7, 11) is 3.60.